The van der Waals surface area contributed by atoms with Gasteiger partial charge in [0.1, 0.15) is 0 Å². The summed E-state index contributed by atoms with van der Waals surface area (Å²) in [6, 6.07) is 57.9. The van der Waals surface area contributed by atoms with Crippen molar-refractivity contribution in [1.29, 1.82) is 0 Å². The molecule has 0 fully saturated rings. The van der Waals surface area contributed by atoms with E-state index in [9.17, 15) is 0 Å². The summed E-state index contributed by atoms with van der Waals surface area (Å²) in [5.41, 5.74) is 3.54. The van der Waals surface area contributed by atoms with Crippen molar-refractivity contribution in [1.82, 2.24) is 0 Å². The first-order valence-corrected chi connectivity index (χ1v) is 16.9. The van der Waals surface area contributed by atoms with Crippen LogP contribution in [0, 0.1) is 47.0 Å². The molecule has 0 N–H and O–H groups in total. The molecular formula is C48H28B2O. The van der Waals surface area contributed by atoms with Crippen LogP contribution in [0.2, 0.25) is 0 Å². The summed E-state index contributed by atoms with van der Waals surface area (Å²) >= 11 is 0. The topological polar surface area (TPSA) is 9.23 Å². The maximum atomic E-state index is 6.59. The van der Waals surface area contributed by atoms with Crippen molar-refractivity contribution in [3.05, 3.63) is 192 Å². The van der Waals surface area contributed by atoms with Crippen LogP contribution in [0.1, 0.15) is 22.3 Å². The van der Waals surface area contributed by atoms with Gasteiger partial charge in [0.15, 0.2) is 0 Å². The second-order valence-corrected chi connectivity index (χ2v) is 12.2. The number of hydrogen-bond acceptors (Lipinski definition) is 1. The van der Waals surface area contributed by atoms with Crippen LogP contribution in [-0.2, 0) is 4.57 Å². The van der Waals surface area contributed by atoms with Gasteiger partial charge in [0.25, 0.3) is 0 Å². The third kappa shape index (κ3) is 7.73. The van der Waals surface area contributed by atoms with Gasteiger partial charge in [-0.15, -0.1) is 0 Å². The van der Waals surface area contributed by atoms with Crippen LogP contribution in [0.15, 0.2) is 170 Å². The molecule has 0 bridgehead atoms. The minimum atomic E-state index is -0.759. The van der Waals surface area contributed by atoms with Crippen molar-refractivity contribution in [2.75, 3.05) is 0 Å². The standard InChI is InChI=1S/C48H28B2O/c1-5-13-45-33-37(17-21-41(45)9-1)25-29-49(30-26-38-18-22-42-10-2-6-14-46(42)34-38)51-50(31-27-39-19-23-43-11-3-7-15-47(43)35-39)32-28-40-20-24-44-12-4-8-16-48(44)36-40/h1-24,33-36H. The Morgan fingerprint density at radius 1 is 0.275 bits per heavy atom. The molecule has 0 spiro atoms. The van der Waals surface area contributed by atoms with Crippen LogP contribution in [-0.4, -0.2) is 13.8 Å². The van der Waals surface area contributed by atoms with Gasteiger partial charge in [0, 0.05) is 22.3 Å². The maximum absolute atomic E-state index is 6.59. The van der Waals surface area contributed by atoms with E-state index < -0.39 is 13.8 Å². The molecular weight excluding hydrogens is 614 g/mol. The zero-order chi connectivity index (χ0) is 34.2. The van der Waals surface area contributed by atoms with Gasteiger partial charge in [0.2, 0.25) is 0 Å². The minimum Gasteiger partial charge on any atom is -0.457 e. The zero-order valence-electron chi connectivity index (χ0n) is 27.7. The maximum Gasteiger partial charge on any atom is 0.455 e. The molecule has 0 atom stereocenters. The predicted molar refractivity (Wildman–Crippen MR) is 216 cm³/mol. The first-order chi connectivity index (χ1) is 25.2. The molecule has 8 aromatic carbocycles. The predicted octanol–water partition coefficient (Wildman–Crippen LogP) is 9.96. The summed E-state index contributed by atoms with van der Waals surface area (Å²) in [6.45, 7) is -1.52. The Morgan fingerprint density at radius 2 is 0.510 bits per heavy atom. The summed E-state index contributed by atoms with van der Waals surface area (Å²) < 4.78 is 6.59. The Hall–Kier alpha value is -6.87. The van der Waals surface area contributed by atoms with E-state index in [4.69, 9.17) is 4.57 Å². The quantitative estimate of drug-likeness (QED) is 0.135. The van der Waals surface area contributed by atoms with Crippen molar-refractivity contribution < 1.29 is 4.57 Å². The van der Waals surface area contributed by atoms with Gasteiger partial charge in [-0.2, -0.15) is 0 Å². The van der Waals surface area contributed by atoms with E-state index in [2.05, 4.69) is 144 Å². The molecule has 232 valence electrons. The highest BCUT2D eigenvalue weighted by molar-refractivity contribution is 6.82. The fourth-order valence-corrected chi connectivity index (χ4v) is 6.01. The van der Waals surface area contributed by atoms with E-state index in [-0.39, 0.29) is 0 Å². The fraction of sp³-hybridized carbons (Fsp3) is 0. The first-order valence-electron chi connectivity index (χ1n) is 16.9. The smallest absolute Gasteiger partial charge is 0.455 e. The molecule has 1 nitrogen and oxygen atoms in total. The highest BCUT2D eigenvalue weighted by Gasteiger charge is 2.19. The van der Waals surface area contributed by atoms with Crippen LogP contribution in [0.4, 0.5) is 0 Å². The second kappa shape index (κ2) is 14.7. The lowest BCUT2D eigenvalue weighted by atomic mass is 9.60. The third-order valence-corrected chi connectivity index (χ3v) is 8.66. The highest BCUT2D eigenvalue weighted by atomic mass is 16.4. The van der Waals surface area contributed by atoms with Gasteiger partial charge in [-0.05, 0) is 91.6 Å². The number of benzene rings is 8. The average molecular weight is 642 g/mol. The van der Waals surface area contributed by atoms with Gasteiger partial charge in [-0.3, -0.25) is 0 Å². The SMILES string of the molecule is C(#Cc1ccc2ccccc2c1)B(C#Cc1ccc2ccccc2c1)OB(C#Cc1ccc2ccccc2c1)C#Cc1ccc2ccccc2c1. The van der Waals surface area contributed by atoms with Crippen LogP contribution >= 0.6 is 0 Å². The number of fused-ring (bicyclic) bond motifs is 4. The second-order valence-electron chi connectivity index (χ2n) is 12.2. The van der Waals surface area contributed by atoms with E-state index in [0.717, 1.165) is 43.8 Å². The van der Waals surface area contributed by atoms with Crippen LogP contribution in [0.25, 0.3) is 43.1 Å². The fourth-order valence-electron chi connectivity index (χ4n) is 6.01. The van der Waals surface area contributed by atoms with Gasteiger partial charge < -0.3 is 4.57 Å². The van der Waals surface area contributed by atoms with Crippen molar-refractivity contribution in [3.63, 3.8) is 0 Å². The summed E-state index contributed by atoms with van der Waals surface area (Å²) in [7, 11) is 0. The molecule has 0 radical (unpaired) electrons. The lowest BCUT2D eigenvalue weighted by Crippen LogP contribution is -2.26. The van der Waals surface area contributed by atoms with E-state index in [0.29, 0.717) is 0 Å². The van der Waals surface area contributed by atoms with Gasteiger partial charge in [-0.1, -0.05) is 168 Å². The molecule has 0 aliphatic heterocycles. The van der Waals surface area contributed by atoms with Crippen LogP contribution in [0.3, 0.4) is 0 Å². The third-order valence-electron chi connectivity index (χ3n) is 8.66. The molecule has 0 heterocycles. The summed E-state index contributed by atoms with van der Waals surface area (Å²) in [5.74, 6) is 26.5. The first kappa shape index (κ1) is 31.4. The molecule has 0 saturated carbocycles. The molecule has 0 aliphatic rings. The normalized spacial score (nSPS) is 10.2. The molecule has 0 aliphatic carbocycles. The van der Waals surface area contributed by atoms with E-state index in [1.54, 1.807) is 0 Å². The molecule has 0 saturated heterocycles. The monoisotopic (exact) mass is 642 g/mol. The molecule has 3 heteroatoms. The van der Waals surface area contributed by atoms with Crippen molar-refractivity contribution in [2.45, 2.75) is 0 Å². The highest BCUT2D eigenvalue weighted by Crippen LogP contribution is 2.18. The van der Waals surface area contributed by atoms with Crippen molar-refractivity contribution in [3.8, 4) is 47.0 Å². The molecule has 51 heavy (non-hydrogen) atoms. The minimum absolute atomic E-state index is 0.759. The Kier molecular flexibility index (Phi) is 9.06. The molecule has 0 unspecified atom stereocenters. The van der Waals surface area contributed by atoms with Crippen LogP contribution < -0.4 is 0 Å². The zero-order valence-corrected chi connectivity index (χ0v) is 27.7. The van der Waals surface area contributed by atoms with Crippen LogP contribution in [0.5, 0.6) is 0 Å². The molecule has 0 aromatic heterocycles. The van der Waals surface area contributed by atoms with E-state index in [1.165, 1.54) is 21.5 Å². The van der Waals surface area contributed by atoms with Crippen molar-refractivity contribution in [2.24, 2.45) is 0 Å². The molecule has 8 rings (SSSR count). The number of rotatable bonds is 2. The lowest BCUT2D eigenvalue weighted by molar-refractivity contribution is 0.639. The average Bonchev–Trinajstić information content (AvgIpc) is 3.19. The molecule has 0 amide bonds. The van der Waals surface area contributed by atoms with E-state index >= 15 is 0 Å². The number of hydrogen-bond donors (Lipinski definition) is 0. The summed E-state index contributed by atoms with van der Waals surface area (Å²) in [5, 5.41) is 9.18. The largest absolute Gasteiger partial charge is 0.457 e. The van der Waals surface area contributed by atoms with Gasteiger partial charge >= 0.3 is 13.8 Å². The summed E-state index contributed by atoms with van der Waals surface area (Å²) in [6.07, 6.45) is 0. The van der Waals surface area contributed by atoms with Gasteiger partial charge in [-0.25, -0.2) is 0 Å². The molecule has 8 aromatic rings. The summed E-state index contributed by atoms with van der Waals surface area (Å²) in [4.78, 5) is 0. The van der Waals surface area contributed by atoms with E-state index in [1.807, 2.05) is 72.8 Å². The lowest BCUT2D eigenvalue weighted by Gasteiger charge is -2.05. The Balaban J connectivity index is 1.18. The van der Waals surface area contributed by atoms with Crippen molar-refractivity contribution >= 4 is 56.9 Å². The Bertz CT molecular complexity index is 2450. The van der Waals surface area contributed by atoms with Gasteiger partial charge in [0.05, 0.1) is 0 Å². The Labute approximate surface area is 299 Å². The Morgan fingerprint density at radius 3 is 0.765 bits per heavy atom.